The predicted octanol–water partition coefficient (Wildman–Crippen LogP) is 5.17. The van der Waals surface area contributed by atoms with Crippen LogP contribution in [0.3, 0.4) is 0 Å². The number of benzene rings is 3. The monoisotopic (exact) mass is 594 g/mol. The van der Waals surface area contributed by atoms with Gasteiger partial charge in [-0.05, 0) is 71.7 Å². The second-order valence-electron chi connectivity index (χ2n) is 9.66. The SMILES string of the molecule is CCOc1cc(C2C(C(=O)Nc3ccccc3)C(=O)CC(C)(O)C2C(=O)Nc2ccccc2)cc(Br)c1OC. The van der Waals surface area contributed by atoms with E-state index in [0.717, 1.165) is 0 Å². The molecule has 3 aromatic rings. The molecule has 3 aromatic carbocycles. The number of Topliss-reactive ketones (excluding diaryl/α,β-unsaturated/α-hetero) is 1. The van der Waals surface area contributed by atoms with Gasteiger partial charge in [0.1, 0.15) is 11.7 Å². The molecule has 1 saturated carbocycles. The van der Waals surface area contributed by atoms with Gasteiger partial charge in [-0.3, -0.25) is 14.4 Å². The van der Waals surface area contributed by atoms with E-state index in [1.165, 1.54) is 14.0 Å². The quantitative estimate of drug-likeness (QED) is 0.310. The number of hydrogen-bond acceptors (Lipinski definition) is 6. The first-order valence-electron chi connectivity index (χ1n) is 12.6. The molecule has 9 heteroatoms. The maximum atomic E-state index is 13.8. The molecule has 2 amide bonds. The van der Waals surface area contributed by atoms with Crippen LogP contribution in [0.1, 0.15) is 31.7 Å². The molecular formula is C30H31BrN2O6. The van der Waals surface area contributed by atoms with Crippen LogP contribution in [-0.4, -0.2) is 42.0 Å². The van der Waals surface area contributed by atoms with Gasteiger partial charge < -0.3 is 25.2 Å². The second kappa shape index (κ2) is 12.0. The zero-order chi connectivity index (χ0) is 28.2. The number of para-hydroxylation sites is 2. The fraction of sp³-hybridized carbons (Fsp3) is 0.300. The molecule has 204 valence electrons. The first-order valence-corrected chi connectivity index (χ1v) is 13.4. The fourth-order valence-electron chi connectivity index (χ4n) is 5.22. The Bertz CT molecular complexity index is 1350. The summed E-state index contributed by atoms with van der Waals surface area (Å²) in [6.07, 6.45) is -0.362. The minimum atomic E-state index is -1.73. The van der Waals surface area contributed by atoms with E-state index in [4.69, 9.17) is 9.47 Å². The number of halogens is 1. The number of carbonyl (C=O) groups is 3. The summed E-state index contributed by atoms with van der Waals surface area (Å²) in [6.45, 7) is 3.62. The van der Waals surface area contributed by atoms with Gasteiger partial charge in [0.25, 0.3) is 0 Å². The van der Waals surface area contributed by atoms with Gasteiger partial charge in [-0.25, -0.2) is 0 Å². The zero-order valence-corrected chi connectivity index (χ0v) is 23.5. The molecule has 0 aromatic heterocycles. The van der Waals surface area contributed by atoms with Crippen molar-refractivity contribution in [2.45, 2.75) is 31.8 Å². The number of ketones is 1. The van der Waals surface area contributed by atoms with Gasteiger partial charge in [-0.2, -0.15) is 0 Å². The highest BCUT2D eigenvalue weighted by Crippen LogP contribution is 2.49. The number of methoxy groups -OCH3 is 1. The summed E-state index contributed by atoms with van der Waals surface area (Å²) in [4.78, 5) is 41.1. The average Bonchev–Trinajstić information content (AvgIpc) is 2.88. The van der Waals surface area contributed by atoms with E-state index in [0.29, 0.717) is 39.5 Å². The lowest BCUT2D eigenvalue weighted by atomic mass is 9.61. The van der Waals surface area contributed by atoms with E-state index in [9.17, 15) is 19.5 Å². The van der Waals surface area contributed by atoms with Gasteiger partial charge in [0, 0.05) is 23.7 Å². The minimum Gasteiger partial charge on any atom is -0.492 e. The molecule has 0 saturated heterocycles. The third-order valence-corrected chi connectivity index (χ3v) is 7.42. The van der Waals surface area contributed by atoms with Crippen molar-refractivity contribution < 1.29 is 29.0 Å². The Kier molecular flexibility index (Phi) is 8.72. The molecule has 1 fully saturated rings. The Morgan fingerprint density at radius 1 is 1.00 bits per heavy atom. The molecule has 4 unspecified atom stereocenters. The number of anilines is 2. The van der Waals surface area contributed by atoms with E-state index in [1.807, 2.05) is 19.1 Å². The molecule has 1 aliphatic carbocycles. The van der Waals surface area contributed by atoms with Crippen molar-refractivity contribution in [1.82, 2.24) is 0 Å². The van der Waals surface area contributed by atoms with Crippen molar-refractivity contribution in [2.75, 3.05) is 24.4 Å². The zero-order valence-electron chi connectivity index (χ0n) is 21.9. The lowest BCUT2D eigenvalue weighted by Gasteiger charge is -2.44. The highest BCUT2D eigenvalue weighted by atomic mass is 79.9. The molecular weight excluding hydrogens is 564 g/mol. The van der Waals surface area contributed by atoms with Gasteiger partial charge in [-0.15, -0.1) is 0 Å². The van der Waals surface area contributed by atoms with Gasteiger partial charge in [0.2, 0.25) is 11.8 Å². The van der Waals surface area contributed by atoms with Gasteiger partial charge in [0.15, 0.2) is 11.5 Å². The van der Waals surface area contributed by atoms with Crippen molar-refractivity contribution in [3.63, 3.8) is 0 Å². The van der Waals surface area contributed by atoms with E-state index >= 15 is 0 Å². The van der Waals surface area contributed by atoms with Crippen LogP contribution in [0.2, 0.25) is 0 Å². The van der Waals surface area contributed by atoms with Crippen LogP contribution in [0.25, 0.3) is 0 Å². The summed E-state index contributed by atoms with van der Waals surface area (Å²) in [5.41, 5.74) is -0.212. The summed E-state index contributed by atoms with van der Waals surface area (Å²) in [5, 5.41) is 17.2. The molecule has 4 atom stereocenters. The number of ether oxygens (including phenoxy) is 2. The minimum absolute atomic E-state index is 0.337. The third kappa shape index (κ3) is 6.15. The molecule has 0 radical (unpaired) electrons. The molecule has 4 rings (SSSR count). The molecule has 0 bridgehead atoms. The van der Waals surface area contributed by atoms with Crippen molar-refractivity contribution in [2.24, 2.45) is 11.8 Å². The molecule has 1 aliphatic rings. The van der Waals surface area contributed by atoms with Crippen LogP contribution in [0.5, 0.6) is 11.5 Å². The standard InChI is InChI=1S/C30H31BrN2O6/c1-4-39-23-16-18(15-21(31)27(23)38-3)24-25(28(35)32-19-11-7-5-8-12-19)22(34)17-30(2,37)26(24)29(36)33-20-13-9-6-10-14-20/h5-16,24-26,37H,4,17H2,1-3H3,(H,32,35)(H,33,36). The smallest absolute Gasteiger partial charge is 0.235 e. The van der Waals surface area contributed by atoms with Crippen LogP contribution in [0, 0.1) is 11.8 Å². The number of rotatable bonds is 8. The maximum absolute atomic E-state index is 13.8. The summed E-state index contributed by atoms with van der Waals surface area (Å²) in [6, 6.07) is 21.0. The highest BCUT2D eigenvalue weighted by Gasteiger charge is 2.56. The topological polar surface area (TPSA) is 114 Å². The van der Waals surface area contributed by atoms with Gasteiger partial charge >= 0.3 is 0 Å². The van der Waals surface area contributed by atoms with Crippen LogP contribution >= 0.6 is 15.9 Å². The molecule has 3 N–H and O–H groups in total. The average molecular weight is 595 g/mol. The third-order valence-electron chi connectivity index (χ3n) is 6.84. The Hall–Kier alpha value is -3.69. The van der Waals surface area contributed by atoms with Crippen molar-refractivity contribution in [1.29, 1.82) is 0 Å². The van der Waals surface area contributed by atoms with Crippen LogP contribution in [0.4, 0.5) is 11.4 Å². The van der Waals surface area contributed by atoms with Crippen LogP contribution in [0.15, 0.2) is 77.3 Å². The van der Waals surface area contributed by atoms with Gasteiger partial charge in [0.05, 0.1) is 29.7 Å². The first kappa shape index (κ1) is 28.3. The molecule has 39 heavy (non-hydrogen) atoms. The Labute approximate surface area is 235 Å². The predicted molar refractivity (Wildman–Crippen MR) is 152 cm³/mol. The van der Waals surface area contributed by atoms with E-state index in [-0.39, 0.29) is 6.42 Å². The summed E-state index contributed by atoms with van der Waals surface area (Å²) < 4.78 is 11.8. The van der Waals surface area contributed by atoms with Crippen molar-refractivity contribution in [3.05, 3.63) is 82.8 Å². The Morgan fingerprint density at radius 3 is 2.10 bits per heavy atom. The fourth-order valence-corrected chi connectivity index (χ4v) is 5.84. The largest absolute Gasteiger partial charge is 0.492 e. The Balaban J connectivity index is 1.86. The molecule has 0 spiro atoms. The molecule has 0 heterocycles. The van der Waals surface area contributed by atoms with Crippen LogP contribution in [-0.2, 0) is 14.4 Å². The number of hydrogen-bond donors (Lipinski definition) is 3. The number of amides is 2. The van der Waals surface area contributed by atoms with Crippen LogP contribution < -0.4 is 20.1 Å². The summed E-state index contributed by atoms with van der Waals surface area (Å²) in [7, 11) is 1.50. The van der Waals surface area contributed by atoms with E-state index in [1.54, 1.807) is 60.7 Å². The highest BCUT2D eigenvalue weighted by molar-refractivity contribution is 9.10. The van der Waals surface area contributed by atoms with Crippen molar-refractivity contribution in [3.8, 4) is 11.5 Å². The number of nitrogens with one attached hydrogen (secondary N) is 2. The second-order valence-corrected chi connectivity index (χ2v) is 10.5. The lowest BCUT2D eigenvalue weighted by Crippen LogP contribution is -2.56. The van der Waals surface area contributed by atoms with E-state index in [2.05, 4.69) is 26.6 Å². The summed E-state index contributed by atoms with van der Waals surface area (Å²) >= 11 is 3.51. The van der Waals surface area contributed by atoms with Gasteiger partial charge in [-0.1, -0.05) is 36.4 Å². The maximum Gasteiger partial charge on any atom is 0.235 e. The summed E-state index contributed by atoms with van der Waals surface area (Å²) in [5.74, 6) is -4.15. The Morgan fingerprint density at radius 2 is 1.56 bits per heavy atom. The molecule has 0 aliphatic heterocycles. The normalized spacial score (nSPS) is 22.6. The van der Waals surface area contributed by atoms with Crippen molar-refractivity contribution >= 4 is 44.9 Å². The first-order chi connectivity index (χ1) is 18.7. The number of carbonyl (C=O) groups excluding carboxylic acids is 3. The van der Waals surface area contributed by atoms with E-state index < -0.39 is 41.0 Å². The molecule has 8 nitrogen and oxygen atoms in total. The lowest BCUT2D eigenvalue weighted by molar-refractivity contribution is -0.150. The number of aliphatic hydroxyl groups is 1.